The highest BCUT2D eigenvalue weighted by atomic mass is 35.5. The van der Waals surface area contributed by atoms with E-state index in [-0.39, 0.29) is 42.5 Å². The number of aryl methyl sites for hydroxylation is 1. The van der Waals surface area contributed by atoms with E-state index in [1.54, 1.807) is 12.1 Å². The molecule has 1 amide bonds. The van der Waals surface area contributed by atoms with E-state index in [9.17, 15) is 18.0 Å². The molecule has 1 heterocycles. The van der Waals surface area contributed by atoms with E-state index in [1.165, 1.54) is 18.2 Å². The van der Waals surface area contributed by atoms with Crippen molar-refractivity contribution in [1.29, 1.82) is 0 Å². The molecule has 3 N–H and O–H groups in total. The molecule has 2 aromatic carbocycles. The Labute approximate surface area is 185 Å². The van der Waals surface area contributed by atoms with Crippen LogP contribution >= 0.6 is 24.8 Å². The minimum absolute atomic E-state index is 0. The number of nitrogen functional groups attached to an aromatic ring is 1. The molecule has 166 valence electrons. The summed E-state index contributed by atoms with van der Waals surface area (Å²) < 4.78 is 41.1. The molecule has 0 aromatic heterocycles. The van der Waals surface area contributed by atoms with Gasteiger partial charge in [0.15, 0.2) is 0 Å². The maximum Gasteiger partial charge on any atom is 0.573 e. The Morgan fingerprint density at radius 1 is 1.17 bits per heavy atom. The van der Waals surface area contributed by atoms with Crippen molar-refractivity contribution in [3.05, 3.63) is 54.1 Å². The summed E-state index contributed by atoms with van der Waals surface area (Å²) in [7, 11) is 0. The first-order chi connectivity index (χ1) is 13.3. The molecule has 1 fully saturated rings. The second-order valence-corrected chi connectivity index (χ2v) is 6.74. The fraction of sp³-hybridized carbons (Fsp3) is 0.350. The first kappa shape index (κ1) is 25.7. The number of nitrogens with zero attached hydrogens (tertiary/aromatic N) is 1. The first-order valence-electron chi connectivity index (χ1n) is 9.04. The van der Waals surface area contributed by atoms with Gasteiger partial charge in [0.25, 0.3) is 0 Å². The molecule has 0 radical (unpaired) electrons. The van der Waals surface area contributed by atoms with Crippen LogP contribution in [0.4, 0.5) is 24.5 Å². The Morgan fingerprint density at radius 2 is 1.90 bits per heavy atom. The summed E-state index contributed by atoms with van der Waals surface area (Å²) in [6.07, 6.45) is -3.10. The number of ether oxygens (including phenoxy) is 1. The predicted octanol–water partition coefficient (Wildman–Crippen LogP) is 4.34. The van der Waals surface area contributed by atoms with Crippen molar-refractivity contribution in [1.82, 2.24) is 5.32 Å². The third kappa shape index (κ3) is 7.50. The van der Waals surface area contributed by atoms with Crippen molar-refractivity contribution in [3.8, 4) is 5.75 Å². The van der Waals surface area contributed by atoms with Gasteiger partial charge in [-0.3, -0.25) is 4.79 Å². The molecule has 1 unspecified atom stereocenters. The number of nitrogens with two attached hydrogens (primary N) is 1. The number of hydrogen-bond donors (Lipinski definition) is 2. The molecule has 0 spiro atoms. The van der Waals surface area contributed by atoms with Crippen LogP contribution in [-0.4, -0.2) is 31.4 Å². The predicted molar refractivity (Wildman–Crippen MR) is 116 cm³/mol. The van der Waals surface area contributed by atoms with Crippen molar-refractivity contribution in [2.24, 2.45) is 0 Å². The van der Waals surface area contributed by atoms with Gasteiger partial charge in [-0.15, -0.1) is 38.0 Å². The first-order valence-corrected chi connectivity index (χ1v) is 9.04. The van der Waals surface area contributed by atoms with Crippen molar-refractivity contribution in [3.63, 3.8) is 0 Å². The molecule has 10 heteroatoms. The Kier molecular flexibility index (Phi) is 9.58. The summed E-state index contributed by atoms with van der Waals surface area (Å²) in [5.41, 5.74) is 8.13. The quantitative estimate of drug-likeness (QED) is 0.622. The zero-order chi connectivity index (χ0) is 20.1. The fourth-order valence-electron chi connectivity index (χ4n) is 3.30. The van der Waals surface area contributed by atoms with Crippen LogP contribution in [0.3, 0.4) is 0 Å². The molecule has 5 nitrogen and oxygen atoms in total. The summed E-state index contributed by atoms with van der Waals surface area (Å²) in [6.45, 7) is 1.18. The third-order valence-corrected chi connectivity index (χ3v) is 4.65. The number of carbonyl (C=O) groups is 1. The maximum atomic E-state index is 12.4. The lowest BCUT2D eigenvalue weighted by Crippen LogP contribution is -2.37. The number of halogens is 5. The third-order valence-electron chi connectivity index (χ3n) is 4.65. The molecule has 1 saturated heterocycles. The van der Waals surface area contributed by atoms with Crippen LogP contribution in [-0.2, 0) is 11.2 Å². The SMILES string of the molecule is Cl.Cl.Nc1ccccc1CCC(=O)NC1CCN(c2cccc(OC(F)(F)F)c2)C1. The number of hydrogen-bond acceptors (Lipinski definition) is 4. The van der Waals surface area contributed by atoms with Gasteiger partial charge in [-0.05, 0) is 36.6 Å². The highest BCUT2D eigenvalue weighted by molar-refractivity contribution is 5.85. The minimum atomic E-state index is -4.72. The minimum Gasteiger partial charge on any atom is -0.406 e. The lowest BCUT2D eigenvalue weighted by molar-refractivity contribution is -0.274. The van der Waals surface area contributed by atoms with Crippen molar-refractivity contribution < 1.29 is 22.7 Å². The lowest BCUT2D eigenvalue weighted by Gasteiger charge is -2.20. The van der Waals surface area contributed by atoms with Crippen LogP contribution in [0, 0.1) is 0 Å². The molecular weight excluding hydrogens is 442 g/mol. The van der Waals surface area contributed by atoms with E-state index in [0.29, 0.717) is 37.3 Å². The smallest absolute Gasteiger partial charge is 0.406 e. The second-order valence-electron chi connectivity index (χ2n) is 6.74. The Bertz CT molecular complexity index is 837. The Hall–Kier alpha value is -2.32. The summed E-state index contributed by atoms with van der Waals surface area (Å²) >= 11 is 0. The van der Waals surface area contributed by atoms with E-state index in [1.807, 2.05) is 23.1 Å². The number of alkyl halides is 3. The standard InChI is InChI=1S/C20H22F3N3O2.2ClH/c21-20(22,23)28-17-6-3-5-16(12-17)26-11-10-15(13-26)25-19(27)9-8-14-4-1-2-7-18(14)24;;/h1-7,12,15H,8-11,13,24H2,(H,25,27);2*1H. The largest absolute Gasteiger partial charge is 0.573 e. The highest BCUT2D eigenvalue weighted by Crippen LogP contribution is 2.28. The molecule has 0 bridgehead atoms. The number of carbonyl (C=O) groups excluding carboxylic acids is 1. The average Bonchev–Trinajstić information content (AvgIpc) is 3.08. The van der Waals surface area contributed by atoms with Crippen LogP contribution in [0.1, 0.15) is 18.4 Å². The summed E-state index contributed by atoms with van der Waals surface area (Å²) in [5, 5.41) is 2.99. The monoisotopic (exact) mass is 465 g/mol. The molecule has 1 aliphatic rings. The van der Waals surface area contributed by atoms with Crippen molar-refractivity contribution in [2.45, 2.75) is 31.7 Å². The van der Waals surface area contributed by atoms with Crippen LogP contribution in [0.25, 0.3) is 0 Å². The van der Waals surface area contributed by atoms with Crippen molar-refractivity contribution >= 4 is 42.1 Å². The summed E-state index contributed by atoms with van der Waals surface area (Å²) in [6, 6.07) is 13.3. The molecule has 30 heavy (non-hydrogen) atoms. The van der Waals surface area contributed by atoms with Gasteiger partial charge in [0.05, 0.1) is 0 Å². The van der Waals surface area contributed by atoms with E-state index in [0.717, 1.165) is 12.0 Å². The molecule has 0 aliphatic carbocycles. The van der Waals surface area contributed by atoms with Crippen LogP contribution in [0.2, 0.25) is 0 Å². The lowest BCUT2D eigenvalue weighted by atomic mass is 10.1. The van der Waals surface area contributed by atoms with E-state index in [2.05, 4.69) is 10.1 Å². The van der Waals surface area contributed by atoms with E-state index < -0.39 is 6.36 Å². The molecule has 3 rings (SSSR count). The molecule has 1 atom stereocenters. The van der Waals surface area contributed by atoms with E-state index >= 15 is 0 Å². The fourth-order valence-corrected chi connectivity index (χ4v) is 3.30. The van der Waals surface area contributed by atoms with E-state index in [4.69, 9.17) is 5.73 Å². The number of nitrogens with one attached hydrogen (secondary N) is 1. The summed E-state index contributed by atoms with van der Waals surface area (Å²) in [4.78, 5) is 14.2. The molecule has 1 aliphatic heterocycles. The number of rotatable bonds is 6. The van der Waals surface area contributed by atoms with Gasteiger partial charge in [-0.1, -0.05) is 24.3 Å². The Morgan fingerprint density at radius 3 is 2.60 bits per heavy atom. The highest BCUT2D eigenvalue weighted by Gasteiger charge is 2.31. The molecular formula is C20H24Cl2F3N3O2. The topological polar surface area (TPSA) is 67.6 Å². The van der Waals surface area contributed by atoms with Gasteiger partial charge >= 0.3 is 6.36 Å². The van der Waals surface area contributed by atoms with Gasteiger partial charge in [0, 0.05) is 43.0 Å². The number of amides is 1. The van der Waals surface area contributed by atoms with Gasteiger partial charge < -0.3 is 20.7 Å². The van der Waals surface area contributed by atoms with Gasteiger partial charge in [0.2, 0.25) is 5.91 Å². The maximum absolute atomic E-state index is 12.4. The van der Waals surface area contributed by atoms with Crippen LogP contribution in [0.15, 0.2) is 48.5 Å². The zero-order valence-electron chi connectivity index (χ0n) is 16.0. The average molecular weight is 466 g/mol. The number of para-hydroxylation sites is 1. The van der Waals surface area contributed by atoms with Gasteiger partial charge in [0.1, 0.15) is 5.75 Å². The zero-order valence-corrected chi connectivity index (χ0v) is 17.7. The van der Waals surface area contributed by atoms with Gasteiger partial charge in [-0.2, -0.15) is 0 Å². The normalized spacial score (nSPS) is 15.7. The van der Waals surface area contributed by atoms with Gasteiger partial charge in [-0.25, -0.2) is 0 Å². The molecule has 2 aromatic rings. The van der Waals surface area contributed by atoms with Crippen molar-refractivity contribution in [2.75, 3.05) is 23.7 Å². The number of anilines is 2. The summed E-state index contributed by atoms with van der Waals surface area (Å²) in [5.74, 6) is -0.317. The number of benzene rings is 2. The Balaban J connectivity index is 0.00000225. The van der Waals surface area contributed by atoms with Crippen LogP contribution in [0.5, 0.6) is 5.75 Å². The second kappa shape index (κ2) is 11.2. The van der Waals surface area contributed by atoms with Crippen LogP contribution < -0.4 is 20.7 Å². The molecule has 0 saturated carbocycles.